The van der Waals surface area contributed by atoms with Crippen LogP contribution in [0.2, 0.25) is 0 Å². The van der Waals surface area contributed by atoms with Gasteiger partial charge in [0.05, 0.1) is 24.2 Å². The second kappa shape index (κ2) is 8.11. The van der Waals surface area contributed by atoms with Gasteiger partial charge in [-0.05, 0) is 25.1 Å². The van der Waals surface area contributed by atoms with Gasteiger partial charge in [-0.15, -0.1) is 0 Å². The molecule has 4 heterocycles. The molecule has 30 heavy (non-hydrogen) atoms. The molecule has 2 aliphatic heterocycles. The fourth-order valence-corrected chi connectivity index (χ4v) is 3.81. The summed E-state index contributed by atoms with van der Waals surface area (Å²) < 4.78 is 40.6. The van der Waals surface area contributed by atoms with Crippen LogP contribution in [0.1, 0.15) is 18.7 Å². The maximum Gasteiger partial charge on any atom is 0.296 e. The van der Waals surface area contributed by atoms with Crippen LogP contribution >= 0.6 is 0 Å². The minimum Gasteiger partial charge on any atom is -0.473 e. The second-order valence-corrected chi connectivity index (χ2v) is 7.29. The van der Waals surface area contributed by atoms with Crippen molar-refractivity contribution in [2.45, 2.75) is 19.0 Å². The molecule has 2 aromatic heterocycles. The van der Waals surface area contributed by atoms with Crippen LogP contribution in [0.25, 0.3) is 16.9 Å². The first kappa shape index (κ1) is 19.1. The normalized spacial score (nSPS) is 19.7. The number of anilines is 1. The Bertz CT molecular complexity index is 1030. The molecule has 2 fully saturated rings. The molecule has 2 saturated heterocycles. The minimum absolute atomic E-state index is 0.0145. The lowest BCUT2D eigenvalue weighted by Gasteiger charge is -2.27. The zero-order valence-corrected chi connectivity index (χ0v) is 16.3. The van der Waals surface area contributed by atoms with E-state index in [0.717, 1.165) is 19.5 Å². The number of imidazole rings is 1. The number of nitrogens with zero attached hydrogens (tertiary/aromatic N) is 5. The third kappa shape index (κ3) is 3.68. The smallest absolute Gasteiger partial charge is 0.296 e. The molecule has 158 valence electrons. The Hall–Kier alpha value is -2.85. The monoisotopic (exact) mass is 416 g/mol. The lowest BCUT2D eigenvalue weighted by Crippen LogP contribution is -2.37. The Kier molecular flexibility index (Phi) is 5.17. The average molecular weight is 416 g/mol. The summed E-state index contributed by atoms with van der Waals surface area (Å²) in [5.74, 6) is 0.774. The van der Waals surface area contributed by atoms with Gasteiger partial charge in [0.2, 0.25) is 11.8 Å². The lowest BCUT2D eigenvalue weighted by molar-refractivity contribution is 0.121. The van der Waals surface area contributed by atoms with E-state index in [0.29, 0.717) is 55.0 Å². The number of aromatic nitrogens is 4. The second-order valence-electron chi connectivity index (χ2n) is 7.29. The summed E-state index contributed by atoms with van der Waals surface area (Å²) >= 11 is 0. The lowest BCUT2D eigenvalue weighted by atomic mass is 10.3. The Morgan fingerprint density at radius 2 is 1.97 bits per heavy atom. The number of hydrogen-bond acceptors (Lipinski definition) is 7. The summed E-state index contributed by atoms with van der Waals surface area (Å²) in [5, 5.41) is 3.25. The molecule has 1 N–H and O–H groups in total. The van der Waals surface area contributed by atoms with Crippen LogP contribution in [0, 0.1) is 0 Å². The molecule has 0 spiro atoms. The van der Waals surface area contributed by atoms with Gasteiger partial charge in [0.15, 0.2) is 5.82 Å². The Morgan fingerprint density at radius 1 is 1.13 bits per heavy atom. The van der Waals surface area contributed by atoms with E-state index in [-0.39, 0.29) is 11.9 Å². The van der Waals surface area contributed by atoms with Crippen LogP contribution in [0.3, 0.4) is 0 Å². The van der Waals surface area contributed by atoms with E-state index in [1.165, 1.54) is 4.57 Å². The van der Waals surface area contributed by atoms with Crippen LogP contribution in [0.15, 0.2) is 30.3 Å². The predicted octanol–water partition coefficient (Wildman–Crippen LogP) is 2.33. The highest BCUT2D eigenvalue weighted by molar-refractivity contribution is 5.78. The largest absolute Gasteiger partial charge is 0.473 e. The summed E-state index contributed by atoms with van der Waals surface area (Å²) in [6.45, 7) is 3.98. The van der Waals surface area contributed by atoms with Crippen molar-refractivity contribution in [3.63, 3.8) is 0 Å². The van der Waals surface area contributed by atoms with Crippen molar-refractivity contribution in [3.05, 3.63) is 36.2 Å². The molecule has 3 aromatic rings. The zero-order valence-electron chi connectivity index (χ0n) is 16.3. The molecule has 0 aliphatic carbocycles. The van der Waals surface area contributed by atoms with E-state index >= 15 is 0 Å². The fourth-order valence-electron chi connectivity index (χ4n) is 3.81. The number of morpholine rings is 1. The van der Waals surface area contributed by atoms with Crippen LogP contribution < -0.4 is 15.0 Å². The molecular formula is C20H22F2N6O2. The molecule has 0 radical (unpaired) electrons. The number of benzene rings is 1. The number of halogens is 2. The fraction of sp³-hybridized carbons (Fsp3) is 0.450. The standard InChI is InChI=1S/C20H22F2N6O2/c21-18(22)19-24-14-3-1-2-4-15(14)28(19)16-11-17(30-13-5-6-23-12-13)26-20(25-16)27-7-9-29-10-8-27/h1-4,11,13,18,23H,5-10,12H2/t13-/m0/s1. The van der Waals surface area contributed by atoms with E-state index < -0.39 is 6.43 Å². The van der Waals surface area contributed by atoms with Gasteiger partial charge in [-0.25, -0.2) is 13.8 Å². The number of para-hydroxylation sites is 2. The van der Waals surface area contributed by atoms with Crippen molar-refractivity contribution in [1.29, 1.82) is 0 Å². The Morgan fingerprint density at radius 3 is 2.73 bits per heavy atom. The maximum absolute atomic E-state index is 13.8. The average Bonchev–Trinajstić information content (AvgIpc) is 3.42. The van der Waals surface area contributed by atoms with Crippen molar-refractivity contribution in [3.8, 4) is 11.7 Å². The van der Waals surface area contributed by atoms with Crippen molar-refractivity contribution >= 4 is 17.0 Å². The summed E-state index contributed by atoms with van der Waals surface area (Å²) in [4.78, 5) is 15.3. The molecule has 0 amide bonds. The Balaban J connectivity index is 1.63. The number of rotatable bonds is 5. The number of nitrogens with one attached hydrogen (secondary N) is 1. The van der Waals surface area contributed by atoms with Gasteiger partial charge < -0.3 is 19.7 Å². The van der Waals surface area contributed by atoms with Crippen LogP contribution in [0.4, 0.5) is 14.7 Å². The molecule has 0 saturated carbocycles. The first-order chi connectivity index (χ1) is 14.7. The van der Waals surface area contributed by atoms with Crippen LogP contribution in [0.5, 0.6) is 5.88 Å². The topological polar surface area (TPSA) is 77.3 Å². The van der Waals surface area contributed by atoms with Crippen molar-refractivity contribution < 1.29 is 18.3 Å². The molecule has 8 nitrogen and oxygen atoms in total. The quantitative estimate of drug-likeness (QED) is 0.684. The molecule has 0 unspecified atom stereocenters. The number of ether oxygens (including phenoxy) is 2. The highest BCUT2D eigenvalue weighted by Crippen LogP contribution is 2.29. The van der Waals surface area contributed by atoms with Gasteiger partial charge in [0.25, 0.3) is 6.43 Å². The number of alkyl halides is 2. The molecule has 0 bridgehead atoms. The minimum atomic E-state index is -2.75. The molecule has 1 aromatic carbocycles. The van der Waals surface area contributed by atoms with E-state index in [4.69, 9.17) is 9.47 Å². The van der Waals surface area contributed by atoms with Crippen LogP contribution in [-0.2, 0) is 4.74 Å². The number of hydrogen-bond donors (Lipinski definition) is 1. The van der Waals surface area contributed by atoms with E-state index in [2.05, 4.69) is 20.3 Å². The van der Waals surface area contributed by atoms with Gasteiger partial charge in [0, 0.05) is 25.7 Å². The van der Waals surface area contributed by atoms with Crippen LogP contribution in [-0.4, -0.2) is 65.0 Å². The van der Waals surface area contributed by atoms with Gasteiger partial charge in [0.1, 0.15) is 11.9 Å². The van der Waals surface area contributed by atoms with Crippen molar-refractivity contribution in [2.75, 3.05) is 44.3 Å². The first-order valence-corrected chi connectivity index (χ1v) is 10.0. The van der Waals surface area contributed by atoms with E-state index in [1.54, 1.807) is 30.3 Å². The SMILES string of the molecule is FC(F)c1nc2ccccc2n1-c1cc(O[C@H]2CCNC2)nc(N2CCOCC2)n1. The zero-order chi connectivity index (χ0) is 20.5. The van der Waals surface area contributed by atoms with Crippen molar-refractivity contribution in [2.24, 2.45) is 0 Å². The summed E-state index contributed by atoms with van der Waals surface area (Å²) in [6.07, 6.45) is -1.90. The third-order valence-corrected chi connectivity index (χ3v) is 5.28. The summed E-state index contributed by atoms with van der Waals surface area (Å²) in [6, 6.07) is 8.65. The molecule has 10 heteroatoms. The molecule has 5 rings (SSSR count). The molecule has 2 aliphatic rings. The summed E-state index contributed by atoms with van der Waals surface area (Å²) in [7, 11) is 0. The van der Waals surface area contributed by atoms with Crippen molar-refractivity contribution in [1.82, 2.24) is 24.8 Å². The van der Waals surface area contributed by atoms with Gasteiger partial charge in [-0.1, -0.05) is 12.1 Å². The van der Waals surface area contributed by atoms with E-state index in [1.807, 2.05) is 4.90 Å². The predicted molar refractivity (Wildman–Crippen MR) is 107 cm³/mol. The highest BCUT2D eigenvalue weighted by Gasteiger charge is 2.25. The highest BCUT2D eigenvalue weighted by atomic mass is 19.3. The Labute approximate surface area is 171 Å². The van der Waals surface area contributed by atoms with Gasteiger partial charge in [-0.2, -0.15) is 9.97 Å². The molecule has 1 atom stereocenters. The van der Waals surface area contributed by atoms with Gasteiger partial charge in [-0.3, -0.25) is 4.57 Å². The first-order valence-electron chi connectivity index (χ1n) is 10.0. The molecular weight excluding hydrogens is 394 g/mol. The maximum atomic E-state index is 13.8. The third-order valence-electron chi connectivity index (χ3n) is 5.28. The van der Waals surface area contributed by atoms with Gasteiger partial charge >= 0.3 is 0 Å². The van der Waals surface area contributed by atoms with E-state index in [9.17, 15) is 8.78 Å². The number of fused-ring (bicyclic) bond motifs is 1. The summed E-state index contributed by atoms with van der Waals surface area (Å²) in [5.41, 5.74) is 1.05.